The van der Waals surface area contributed by atoms with Gasteiger partial charge in [0.25, 0.3) is 0 Å². The first kappa shape index (κ1) is 55.4. The molecule has 4 fully saturated rings. The number of aliphatic hydroxyl groups is 1. The number of aromatic nitrogens is 4. The van der Waals surface area contributed by atoms with Crippen LogP contribution in [-0.4, -0.2) is 160 Å². The molecule has 4 aliphatic rings. The smallest absolute Gasteiger partial charge is 0.319 e. The van der Waals surface area contributed by atoms with Crippen molar-refractivity contribution in [1.82, 2.24) is 45.7 Å². The zero-order chi connectivity index (χ0) is 55.5. The fraction of sp³-hybridized carbons (Fsp3) is 0.466. The lowest BCUT2D eigenvalue weighted by Crippen LogP contribution is -2.58. The quantitative estimate of drug-likeness (QED) is 0.0503. The van der Waals surface area contributed by atoms with Gasteiger partial charge in [0, 0.05) is 81.5 Å². The topological polar surface area (TPSA) is 217 Å². The summed E-state index contributed by atoms with van der Waals surface area (Å²) in [5.74, 6) is -0.0266. The van der Waals surface area contributed by atoms with E-state index in [1.54, 1.807) is 16.8 Å². The molecule has 3 unspecified atom stereocenters. The molecule has 0 radical (unpaired) electrons. The number of piperazine rings is 1. The van der Waals surface area contributed by atoms with Crippen molar-refractivity contribution in [3.8, 4) is 45.8 Å². The summed E-state index contributed by atoms with van der Waals surface area (Å²) in [7, 11) is 0. The lowest BCUT2D eigenvalue weighted by molar-refractivity contribution is -0.144. The number of carbonyl (C=O) groups is 3. The van der Waals surface area contributed by atoms with Gasteiger partial charge >= 0.3 is 6.01 Å². The molecule has 21 heteroatoms. The Morgan fingerprint density at radius 2 is 1.71 bits per heavy atom. The summed E-state index contributed by atoms with van der Waals surface area (Å²) in [6.45, 7) is 11.5. The van der Waals surface area contributed by atoms with Crippen LogP contribution in [0.4, 0.5) is 14.6 Å². The van der Waals surface area contributed by atoms with E-state index in [4.69, 9.17) is 25.6 Å². The summed E-state index contributed by atoms with van der Waals surface area (Å²) >= 11 is 1.56. The maximum absolute atomic E-state index is 17.1. The molecule has 4 aliphatic heterocycles. The normalized spacial score (nSPS) is 20.2. The average molecular weight is 1100 g/mol. The van der Waals surface area contributed by atoms with Gasteiger partial charge in [0.2, 0.25) is 17.7 Å². The summed E-state index contributed by atoms with van der Waals surface area (Å²) in [5, 5.41) is 31.8. The molecule has 5 N–H and O–H groups in total. The number of fused-ring (bicyclic) bond motifs is 4. The maximum Gasteiger partial charge on any atom is 0.319 e. The Labute approximate surface area is 461 Å². The van der Waals surface area contributed by atoms with Gasteiger partial charge in [-0.25, -0.2) is 13.8 Å². The van der Waals surface area contributed by atoms with Crippen LogP contribution >= 0.6 is 11.3 Å². The summed E-state index contributed by atoms with van der Waals surface area (Å²) in [6, 6.07) is 12.0. The van der Waals surface area contributed by atoms with Crippen LogP contribution in [0.2, 0.25) is 0 Å². The van der Waals surface area contributed by atoms with E-state index in [1.165, 1.54) is 35.4 Å². The number of nitrogens with zero attached hydrogens (tertiary/aromatic N) is 7. The third-order valence-corrected chi connectivity index (χ3v) is 16.3. The second kappa shape index (κ2) is 23.8. The monoisotopic (exact) mass is 1100 g/mol. The van der Waals surface area contributed by atoms with Gasteiger partial charge in [0.05, 0.1) is 53.0 Å². The van der Waals surface area contributed by atoms with Crippen LogP contribution in [-0.2, 0) is 30.4 Å². The third-order valence-electron chi connectivity index (χ3n) is 15.3. The van der Waals surface area contributed by atoms with Gasteiger partial charge in [-0.3, -0.25) is 19.4 Å². The molecule has 5 atom stereocenters. The summed E-state index contributed by atoms with van der Waals surface area (Å²) in [6.07, 6.45) is 9.55. The Kier molecular flexibility index (Phi) is 16.7. The molecule has 3 amide bonds. The molecule has 79 heavy (non-hydrogen) atoms. The molecule has 6 aromatic rings. The van der Waals surface area contributed by atoms with E-state index in [0.29, 0.717) is 68.8 Å². The molecular weight excluding hydrogens is 1030 g/mol. The number of thiazole rings is 1. The van der Waals surface area contributed by atoms with E-state index >= 15 is 8.78 Å². The number of benzene rings is 3. The molecule has 7 heterocycles. The van der Waals surface area contributed by atoms with Crippen LogP contribution in [0, 0.1) is 36.3 Å². The number of β-amino-alcohol motifs (C(OH)–C–C–N with tert-alkyl or cyclic N) is 1. The highest BCUT2D eigenvalue weighted by molar-refractivity contribution is 7.13. The lowest BCUT2D eigenvalue weighted by Gasteiger charge is -2.35. The number of aliphatic hydroxyl groups excluding tert-OH is 1. The minimum Gasteiger partial charge on any atom is -0.508 e. The number of amides is 3. The number of hydrogen-bond acceptors (Lipinski definition) is 16. The number of piperidine rings is 1. The number of ether oxygens (including phenoxy) is 3. The van der Waals surface area contributed by atoms with Crippen LogP contribution in [0.1, 0.15) is 69.7 Å². The summed E-state index contributed by atoms with van der Waals surface area (Å²) in [4.78, 5) is 66.0. The first-order valence-electron chi connectivity index (χ1n) is 26.9. The van der Waals surface area contributed by atoms with Crippen molar-refractivity contribution in [2.75, 3.05) is 70.6 Å². The van der Waals surface area contributed by atoms with Crippen molar-refractivity contribution >= 4 is 56.6 Å². The Hall–Kier alpha value is -6.93. The first-order valence-corrected chi connectivity index (χ1v) is 27.8. The number of carbonyl (C=O) groups excluding carboxylic acids is 3. The number of rotatable bonds is 18. The van der Waals surface area contributed by atoms with E-state index in [9.17, 15) is 24.6 Å². The summed E-state index contributed by atoms with van der Waals surface area (Å²) in [5.41, 5.74) is 3.86. The van der Waals surface area contributed by atoms with Crippen molar-refractivity contribution in [3.05, 3.63) is 88.7 Å². The molecule has 3 aromatic carbocycles. The summed E-state index contributed by atoms with van der Waals surface area (Å²) < 4.78 is 50.1. The van der Waals surface area contributed by atoms with Gasteiger partial charge in [-0.1, -0.05) is 57.0 Å². The van der Waals surface area contributed by atoms with Crippen LogP contribution in [0.15, 0.2) is 60.2 Å². The van der Waals surface area contributed by atoms with Crippen LogP contribution in [0.3, 0.4) is 0 Å². The number of halogens is 2. The Morgan fingerprint density at radius 1 is 0.962 bits per heavy atom. The number of aryl methyl sites for hydroxylation is 1. The van der Waals surface area contributed by atoms with Crippen LogP contribution < -0.4 is 25.6 Å². The molecule has 18 nitrogen and oxygen atoms in total. The number of terminal acetylenes is 1. The van der Waals surface area contributed by atoms with Crippen LogP contribution in [0.5, 0.6) is 11.8 Å². The van der Waals surface area contributed by atoms with E-state index in [-0.39, 0.29) is 103 Å². The predicted octanol–water partition coefficient (Wildman–Crippen LogP) is 5.87. The van der Waals surface area contributed by atoms with E-state index in [1.807, 2.05) is 52.0 Å². The number of pyridine rings is 1. The van der Waals surface area contributed by atoms with Crippen LogP contribution in [0.25, 0.3) is 43.4 Å². The molecule has 2 bridgehead atoms. The molecule has 0 aliphatic carbocycles. The van der Waals surface area contributed by atoms with E-state index in [0.717, 1.165) is 34.5 Å². The minimum absolute atomic E-state index is 0.0119. The largest absolute Gasteiger partial charge is 0.508 e. The predicted molar refractivity (Wildman–Crippen MR) is 295 cm³/mol. The fourth-order valence-electron chi connectivity index (χ4n) is 11.2. The molecule has 416 valence electrons. The average Bonchev–Trinajstić information content (AvgIpc) is 4.15. The number of phenols is 1. The highest BCUT2D eigenvalue weighted by Crippen LogP contribution is 2.40. The Balaban J connectivity index is 0.690. The molecule has 3 aromatic heterocycles. The van der Waals surface area contributed by atoms with Gasteiger partial charge in [-0.2, -0.15) is 9.97 Å². The second-order valence-corrected chi connectivity index (χ2v) is 22.8. The van der Waals surface area contributed by atoms with Gasteiger partial charge in [0.1, 0.15) is 53.4 Å². The number of phenolic OH excluding ortho intramolecular Hbond substituents is 1. The third kappa shape index (κ3) is 12.4. The molecule has 0 spiro atoms. The molecule has 0 saturated carbocycles. The zero-order valence-corrected chi connectivity index (χ0v) is 45.6. The lowest BCUT2D eigenvalue weighted by atomic mass is 9.85. The van der Waals surface area contributed by atoms with Crippen molar-refractivity contribution in [2.45, 2.75) is 103 Å². The zero-order valence-electron chi connectivity index (χ0n) is 44.8. The van der Waals surface area contributed by atoms with Crippen molar-refractivity contribution < 1.29 is 47.6 Å². The van der Waals surface area contributed by atoms with Crippen molar-refractivity contribution in [1.29, 1.82) is 0 Å². The minimum atomic E-state index is -0.993. The maximum atomic E-state index is 17.1. The highest BCUT2D eigenvalue weighted by atomic mass is 32.1. The van der Waals surface area contributed by atoms with E-state index < -0.39 is 47.1 Å². The number of likely N-dealkylation sites (tertiary alicyclic amines) is 2. The Bertz CT molecular complexity index is 3260. The van der Waals surface area contributed by atoms with Gasteiger partial charge in [-0.15, -0.1) is 17.8 Å². The second-order valence-electron chi connectivity index (χ2n) is 22.0. The fourth-order valence-corrected chi connectivity index (χ4v) is 12.0. The molecular formula is C58H66F2N10O8S. The van der Waals surface area contributed by atoms with Crippen molar-refractivity contribution in [3.63, 3.8) is 0 Å². The first-order chi connectivity index (χ1) is 38.0. The SMILES string of the molecule is C#Cc1c(F)ccc2cc(O)cc(-c3ncc4c(N5CC6CCC(C5)N6)nc(OC5CCN(CCOCCOCC(=O)NC(C(=O)N6C[C@H](O)C[C@H]6C(=O)NCc6ccc(-c7scnc7C)cc6)C(C)(C)C)CC5)nc4c3F)c12. The number of hydrogen-bond donors (Lipinski definition) is 5. The number of nitrogens with one attached hydrogen (secondary N) is 3. The van der Waals surface area contributed by atoms with Gasteiger partial charge < -0.3 is 55.1 Å². The van der Waals surface area contributed by atoms with Crippen molar-refractivity contribution in [2.24, 2.45) is 5.41 Å². The van der Waals surface area contributed by atoms with Gasteiger partial charge in [-0.05, 0) is 72.7 Å². The number of aromatic hydroxyl groups is 1. The standard InChI is InChI=1S/C58H66F2N10O8S/c1-6-42-45(59)14-11-36-23-39(71)24-43(48(36)42)50-49(60)51-44(27-61-50)54(69-28-37-12-13-38(29-69)64-37)67-57(66-51)78-41-15-17-68(18-16-41)19-20-76-21-22-77-31-47(73)65-53(58(3,4)5)56(75)70-30-40(72)25-46(70)55(74)62-26-34-7-9-35(10-8-34)52-33(2)63-32-79-52/h1,7-11,14,23-24,27,32,37-38,40-41,46,53,64,71-72H,12-13,15-22,25-26,28-31H2,2-5H3,(H,62,74)(H,65,73)/t37?,38?,40-,46+,53?/m1/s1. The Morgan fingerprint density at radius 3 is 2.42 bits per heavy atom. The number of anilines is 1. The van der Waals surface area contributed by atoms with Gasteiger partial charge in [0.15, 0.2) is 5.82 Å². The molecule has 4 saturated heterocycles. The molecule has 10 rings (SSSR count). The van der Waals surface area contributed by atoms with E-state index in [2.05, 4.69) is 46.6 Å². The highest BCUT2D eigenvalue weighted by Gasteiger charge is 2.44.